The fraction of sp³-hybridized carbons (Fsp3) is 0.121. The molecule has 0 fully saturated rings. The number of aromatic nitrogens is 1. The lowest BCUT2D eigenvalue weighted by molar-refractivity contribution is -0.137. The Balaban J connectivity index is 1.51. The predicted octanol–water partition coefficient (Wildman–Crippen LogP) is 8.80. The van der Waals surface area contributed by atoms with Gasteiger partial charge in [-0.1, -0.05) is 116 Å². The van der Waals surface area contributed by atoms with Gasteiger partial charge in [-0.05, 0) is 53.2 Å². The van der Waals surface area contributed by atoms with Crippen LogP contribution in [-0.4, -0.2) is 27.6 Å². The quantitative estimate of drug-likeness (QED) is 0.182. The van der Waals surface area contributed by atoms with Crippen LogP contribution in [-0.2, 0) is 9.53 Å². The van der Waals surface area contributed by atoms with Crippen LogP contribution in [0, 0.1) is 6.92 Å². The van der Waals surface area contributed by atoms with Crippen molar-refractivity contribution in [2.24, 2.45) is 0 Å². The van der Waals surface area contributed by atoms with Crippen LogP contribution in [0.1, 0.15) is 29.7 Å². The number of amides is 1. The normalized spacial score (nSPS) is 12.7. The smallest absolute Gasteiger partial charge is 0.412 e. The van der Waals surface area contributed by atoms with E-state index in [2.05, 4.69) is 22.8 Å². The van der Waals surface area contributed by atoms with Crippen LogP contribution in [0.4, 0.5) is 10.5 Å². The first-order valence-electron chi connectivity index (χ1n) is 12.8. The average Bonchev–Trinajstić information content (AvgIpc) is 3.31. The molecule has 1 heterocycles. The molecular formula is C33H29ClN2O4S. The Hall–Kier alpha value is -4.46. The van der Waals surface area contributed by atoms with Crippen LogP contribution in [0.15, 0.2) is 115 Å². The molecule has 4 aromatic rings. The Kier molecular flexibility index (Phi) is 9.55. The molecule has 2 atom stereocenters. The highest BCUT2D eigenvalue weighted by atomic mass is 35.5. The largest absolute Gasteiger partial charge is 0.481 e. The number of ether oxygens (including phenoxy) is 1. The van der Waals surface area contributed by atoms with Crippen molar-refractivity contribution in [1.82, 2.24) is 4.37 Å². The van der Waals surface area contributed by atoms with Gasteiger partial charge in [-0.15, -0.1) is 0 Å². The maximum absolute atomic E-state index is 12.7. The first-order chi connectivity index (χ1) is 19.7. The molecule has 0 aliphatic heterocycles. The lowest BCUT2D eigenvalue weighted by Crippen LogP contribution is -2.22. The number of aliphatic carboxylic acids is 1. The minimum atomic E-state index is -0.894. The number of hydrogen-bond acceptors (Lipinski definition) is 5. The lowest BCUT2D eigenvalue weighted by Gasteiger charge is -2.17. The topological polar surface area (TPSA) is 88.5 Å². The standard InChI is InChI=1S/C33H29ClN2O4S/c1-5-9-28(20(2)34)22(4)40-33(39)35-30-21(3)36-41-31(30)27-18-14-24(15-19-27)23-12-16-26(17-13-23)29(32(37)38)25-10-7-6-8-11-25/h5-19,22,29H,1-2H2,3-4H3,(H,35,39)(H,37,38). The summed E-state index contributed by atoms with van der Waals surface area (Å²) in [7, 11) is 0. The monoisotopic (exact) mass is 584 g/mol. The molecule has 0 saturated carbocycles. The molecular weight excluding hydrogens is 556 g/mol. The van der Waals surface area contributed by atoms with E-state index >= 15 is 0 Å². The van der Waals surface area contributed by atoms with Gasteiger partial charge in [0.2, 0.25) is 0 Å². The number of hydrogen-bond donors (Lipinski definition) is 2. The number of rotatable bonds is 10. The maximum atomic E-state index is 12.7. The summed E-state index contributed by atoms with van der Waals surface area (Å²) in [5, 5.41) is 12.9. The second kappa shape index (κ2) is 13.3. The Morgan fingerprint density at radius 1 is 0.976 bits per heavy atom. The fourth-order valence-electron chi connectivity index (χ4n) is 4.45. The number of carbonyl (C=O) groups excluding carboxylic acids is 1. The molecule has 0 spiro atoms. The van der Waals surface area contributed by atoms with Crippen molar-refractivity contribution < 1.29 is 19.4 Å². The summed E-state index contributed by atoms with van der Waals surface area (Å²) in [4.78, 5) is 25.5. The summed E-state index contributed by atoms with van der Waals surface area (Å²) >= 11 is 7.32. The molecule has 0 aliphatic rings. The number of nitrogens with one attached hydrogen (secondary N) is 1. The number of carboxylic acids is 1. The zero-order valence-electron chi connectivity index (χ0n) is 22.6. The lowest BCUT2D eigenvalue weighted by atomic mass is 9.90. The summed E-state index contributed by atoms with van der Waals surface area (Å²) < 4.78 is 9.95. The van der Waals surface area contributed by atoms with Crippen LogP contribution in [0.2, 0.25) is 0 Å². The molecule has 41 heavy (non-hydrogen) atoms. The third-order valence-electron chi connectivity index (χ3n) is 6.53. The number of carbonyl (C=O) groups is 2. The molecule has 1 amide bonds. The van der Waals surface area contributed by atoms with E-state index in [0.29, 0.717) is 22.5 Å². The Bertz CT molecular complexity index is 1590. The minimum absolute atomic E-state index is 0.270. The van der Waals surface area contributed by atoms with Gasteiger partial charge in [0.05, 0.1) is 16.3 Å². The second-order valence-corrected chi connectivity index (χ2v) is 10.5. The fourth-order valence-corrected chi connectivity index (χ4v) is 5.52. The zero-order valence-corrected chi connectivity index (χ0v) is 24.2. The highest BCUT2D eigenvalue weighted by Gasteiger charge is 2.22. The van der Waals surface area contributed by atoms with E-state index in [-0.39, 0.29) is 5.03 Å². The Morgan fingerprint density at radius 3 is 2.10 bits per heavy atom. The van der Waals surface area contributed by atoms with Gasteiger partial charge in [0.15, 0.2) is 0 Å². The summed E-state index contributed by atoms with van der Waals surface area (Å²) in [6, 6.07) is 24.6. The molecule has 0 aliphatic carbocycles. The highest BCUT2D eigenvalue weighted by Crippen LogP contribution is 2.36. The third kappa shape index (κ3) is 7.01. The highest BCUT2D eigenvalue weighted by molar-refractivity contribution is 7.10. The number of allylic oxidation sites excluding steroid dienone is 2. The molecule has 3 aromatic carbocycles. The van der Waals surface area contributed by atoms with Crippen LogP contribution in [0.25, 0.3) is 21.6 Å². The number of carboxylic acid groups (broad SMARTS) is 1. The van der Waals surface area contributed by atoms with Gasteiger partial charge in [-0.3, -0.25) is 10.1 Å². The van der Waals surface area contributed by atoms with Crippen molar-refractivity contribution >= 4 is 40.9 Å². The minimum Gasteiger partial charge on any atom is -0.481 e. The van der Waals surface area contributed by atoms with Crippen molar-refractivity contribution in [3.05, 3.63) is 132 Å². The molecule has 0 radical (unpaired) electrons. The van der Waals surface area contributed by atoms with E-state index in [1.165, 1.54) is 11.5 Å². The summed E-state index contributed by atoms with van der Waals surface area (Å²) in [5.74, 6) is -1.63. The Labute approximate surface area is 248 Å². The number of aryl methyl sites for hydroxylation is 1. The van der Waals surface area contributed by atoms with Crippen LogP contribution in [0.5, 0.6) is 0 Å². The van der Waals surface area contributed by atoms with Crippen molar-refractivity contribution in [1.29, 1.82) is 0 Å². The van der Waals surface area contributed by atoms with E-state index in [1.54, 1.807) is 19.1 Å². The summed E-state index contributed by atoms with van der Waals surface area (Å²) in [6.07, 6.45) is 1.94. The van der Waals surface area contributed by atoms with Gasteiger partial charge in [-0.25, -0.2) is 4.79 Å². The molecule has 6 nitrogen and oxygen atoms in total. The average molecular weight is 585 g/mol. The molecule has 208 valence electrons. The van der Waals surface area contributed by atoms with Crippen molar-refractivity contribution in [2.45, 2.75) is 25.9 Å². The number of benzene rings is 3. The van der Waals surface area contributed by atoms with Gasteiger partial charge >= 0.3 is 12.1 Å². The van der Waals surface area contributed by atoms with E-state index in [4.69, 9.17) is 16.3 Å². The molecule has 4 rings (SSSR count). The predicted molar refractivity (Wildman–Crippen MR) is 166 cm³/mol. The molecule has 8 heteroatoms. The van der Waals surface area contributed by atoms with Crippen LogP contribution in [0.3, 0.4) is 0 Å². The number of halogens is 1. The van der Waals surface area contributed by atoms with E-state index in [9.17, 15) is 14.7 Å². The Morgan fingerprint density at radius 2 is 1.54 bits per heavy atom. The molecule has 0 bridgehead atoms. The van der Waals surface area contributed by atoms with Gasteiger partial charge in [-0.2, -0.15) is 4.37 Å². The van der Waals surface area contributed by atoms with Crippen molar-refractivity contribution in [3.8, 4) is 21.6 Å². The van der Waals surface area contributed by atoms with E-state index in [1.807, 2.05) is 85.8 Å². The van der Waals surface area contributed by atoms with Crippen molar-refractivity contribution in [2.75, 3.05) is 5.32 Å². The van der Waals surface area contributed by atoms with E-state index in [0.717, 1.165) is 27.1 Å². The second-order valence-electron chi connectivity index (χ2n) is 9.29. The first-order valence-corrected chi connectivity index (χ1v) is 13.9. The molecule has 2 unspecified atom stereocenters. The van der Waals surface area contributed by atoms with Gasteiger partial charge in [0.1, 0.15) is 12.0 Å². The summed E-state index contributed by atoms with van der Waals surface area (Å²) in [5.41, 5.74) is 6.06. The third-order valence-corrected chi connectivity index (χ3v) is 7.73. The molecule has 0 saturated heterocycles. The van der Waals surface area contributed by atoms with E-state index < -0.39 is 24.1 Å². The number of anilines is 1. The molecule has 2 N–H and O–H groups in total. The van der Waals surface area contributed by atoms with Gasteiger partial charge in [0.25, 0.3) is 0 Å². The maximum Gasteiger partial charge on any atom is 0.412 e. The number of nitrogens with zero attached hydrogens (tertiary/aromatic N) is 1. The van der Waals surface area contributed by atoms with Crippen LogP contribution >= 0.6 is 23.1 Å². The van der Waals surface area contributed by atoms with Gasteiger partial charge < -0.3 is 9.84 Å². The first kappa shape index (κ1) is 29.5. The SMILES string of the molecule is C=CC=C(C(=C)Cl)C(C)OC(=O)Nc1c(C)nsc1-c1ccc(-c2ccc(C(C(=O)O)c3ccccc3)cc2)cc1. The zero-order chi connectivity index (χ0) is 29.5. The van der Waals surface area contributed by atoms with Crippen LogP contribution < -0.4 is 5.32 Å². The van der Waals surface area contributed by atoms with Crippen molar-refractivity contribution in [3.63, 3.8) is 0 Å². The summed E-state index contributed by atoms with van der Waals surface area (Å²) in [6.45, 7) is 10.9. The van der Waals surface area contributed by atoms with Gasteiger partial charge in [0, 0.05) is 10.6 Å². The molecule has 1 aromatic heterocycles.